The molecule has 21 heavy (non-hydrogen) atoms. The van der Waals surface area contributed by atoms with Crippen LogP contribution in [0.25, 0.3) is 0 Å². The van der Waals surface area contributed by atoms with E-state index >= 15 is 0 Å². The molecule has 0 saturated carbocycles. The van der Waals surface area contributed by atoms with E-state index in [9.17, 15) is 8.42 Å². The van der Waals surface area contributed by atoms with Gasteiger partial charge in [-0.25, -0.2) is 13.4 Å². The smallest absolute Gasteiger partial charge is 0.244 e. The average molecular weight is 313 g/mol. The second-order valence-electron chi connectivity index (χ2n) is 5.39. The van der Waals surface area contributed by atoms with Crippen LogP contribution >= 0.6 is 0 Å². The number of ether oxygens (including phenoxy) is 1. The van der Waals surface area contributed by atoms with Gasteiger partial charge < -0.3 is 10.1 Å². The van der Waals surface area contributed by atoms with E-state index in [-0.39, 0.29) is 17.1 Å². The summed E-state index contributed by atoms with van der Waals surface area (Å²) in [6, 6.07) is 3.31. The lowest BCUT2D eigenvalue weighted by Crippen LogP contribution is -2.48. The Kier molecular flexibility index (Phi) is 5.18. The highest BCUT2D eigenvalue weighted by Crippen LogP contribution is 2.21. The predicted molar refractivity (Wildman–Crippen MR) is 81.8 cm³/mol. The molecule has 0 aliphatic carbocycles. The first-order valence-corrected chi connectivity index (χ1v) is 8.73. The number of sulfonamides is 1. The summed E-state index contributed by atoms with van der Waals surface area (Å²) < 4.78 is 32.3. The fraction of sp³-hybridized carbons (Fsp3) is 0.643. The molecule has 0 bridgehead atoms. The average Bonchev–Trinajstić information content (AvgIpc) is 2.44. The number of hydrogen-bond acceptors (Lipinski definition) is 5. The lowest BCUT2D eigenvalue weighted by Gasteiger charge is -2.34. The van der Waals surface area contributed by atoms with Crippen LogP contribution in [0.1, 0.15) is 27.2 Å². The van der Waals surface area contributed by atoms with Gasteiger partial charge in [-0.3, -0.25) is 0 Å². The lowest BCUT2D eigenvalue weighted by molar-refractivity contribution is -0.0440. The highest BCUT2D eigenvalue weighted by molar-refractivity contribution is 7.89. The maximum Gasteiger partial charge on any atom is 0.244 e. The molecule has 1 aromatic heterocycles. The van der Waals surface area contributed by atoms with Crippen molar-refractivity contribution in [1.29, 1.82) is 0 Å². The van der Waals surface area contributed by atoms with Crippen molar-refractivity contribution in [1.82, 2.24) is 9.29 Å². The Morgan fingerprint density at radius 1 is 1.33 bits per heavy atom. The summed E-state index contributed by atoms with van der Waals surface area (Å²) >= 11 is 0. The van der Waals surface area contributed by atoms with Crippen molar-refractivity contribution >= 4 is 15.8 Å². The number of nitrogens with one attached hydrogen (secondary N) is 1. The van der Waals surface area contributed by atoms with Gasteiger partial charge in [0.25, 0.3) is 0 Å². The summed E-state index contributed by atoms with van der Waals surface area (Å²) in [6.45, 7) is 7.40. The van der Waals surface area contributed by atoms with E-state index in [1.54, 1.807) is 12.1 Å². The molecule has 6 nitrogen and oxygen atoms in total. The standard InChI is InChI=1S/C14H23N3O3S/c1-4-7-15-14-6-5-13(8-16-14)21(18,19)17-9-11(2)20-12(3)10-17/h5-6,8,11-12H,4,7,9-10H2,1-3H3,(H,15,16)/t11-,12+. The molecule has 1 aliphatic heterocycles. The van der Waals surface area contributed by atoms with E-state index in [0.29, 0.717) is 18.9 Å². The van der Waals surface area contributed by atoms with Gasteiger partial charge in [0, 0.05) is 25.8 Å². The van der Waals surface area contributed by atoms with Crippen LogP contribution in [0.3, 0.4) is 0 Å². The van der Waals surface area contributed by atoms with Crippen LogP contribution < -0.4 is 5.32 Å². The fourth-order valence-corrected chi connectivity index (χ4v) is 3.90. The van der Waals surface area contributed by atoms with Gasteiger partial charge in [0.1, 0.15) is 10.7 Å². The van der Waals surface area contributed by atoms with E-state index in [4.69, 9.17) is 4.74 Å². The van der Waals surface area contributed by atoms with Gasteiger partial charge in [0.2, 0.25) is 10.0 Å². The Hall–Kier alpha value is -1.18. The molecule has 1 N–H and O–H groups in total. The Labute approximate surface area is 126 Å². The zero-order valence-corrected chi connectivity index (χ0v) is 13.6. The fourth-order valence-electron chi connectivity index (χ4n) is 2.37. The SMILES string of the molecule is CCCNc1ccc(S(=O)(=O)N2C[C@@H](C)O[C@@H](C)C2)cn1. The first-order chi connectivity index (χ1) is 9.93. The molecular weight excluding hydrogens is 290 g/mol. The Balaban J connectivity index is 2.15. The van der Waals surface area contributed by atoms with Crippen LogP contribution in [-0.4, -0.2) is 49.5 Å². The van der Waals surface area contributed by atoms with Crippen LogP contribution in [-0.2, 0) is 14.8 Å². The summed E-state index contributed by atoms with van der Waals surface area (Å²) in [4.78, 5) is 4.39. The Morgan fingerprint density at radius 2 is 2.00 bits per heavy atom. The molecule has 118 valence electrons. The van der Waals surface area contributed by atoms with E-state index < -0.39 is 10.0 Å². The van der Waals surface area contributed by atoms with Crippen molar-refractivity contribution in [3.63, 3.8) is 0 Å². The maximum atomic E-state index is 12.6. The van der Waals surface area contributed by atoms with E-state index in [2.05, 4.69) is 17.2 Å². The van der Waals surface area contributed by atoms with Gasteiger partial charge in [-0.2, -0.15) is 4.31 Å². The van der Waals surface area contributed by atoms with Gasteiger partial charge >= 0.3 is 0 Å². The van der Waals surface area contributed by atoms with Gasteiger partial charge in [-0.05, 0) is 32.4 Å². The summed E-state index contributed by atoms with van der Waals surface area (Å²) in [5.74, 6) is 0.694. The molecule has 0 amide bonds. The van der Waals surface area contributed by atoms with Gasteiger partial charge in [0.15, 0.2) is 0 Å². The van der Waals surface area contributed by atoms with Gasteiger partial charge in [-0.15, -0.1) is 0 Å². The highest BCUT2D eigenvalue weighted by atomic mass is 32.2. The first kappa shape index (κ1) is 16.2. The molecule has 2 atom stereocenters. The molecule has 0 spiro atoms. The second-order valence-corrected chi connectivity index (χ2v) is 7.32. The number of aromatic nitrogens is 1. The van der Waals surface area contributed by atoms with Crippen LogP contribution in [0.2, 0.25) is 0 Å². The predicted octanol–water partition coefficient (Wildman–Crippen LogP) is 1.70. The molecular formula is C14H23N3O3S. The minimum absolute atomic E-state index is 0.0954. The second kappa shape index (κ2) is 6.72. The Morgan fingerprint density at radius 3 is 2.52 bits per heavy atom. The molecule has 1 aromatic rings. The molecule has 0 radical (unpaired) electrons. The van der Waals surface area contributed by atoms with Crippen LogP contribution in [0.15, 0.2) is 23.2 Å². The van der Waals surface area contributed by atoms with Crippen LogP contribution in [0, 0.1) is 0 Å². The molecule has 7 heteroatoms. The molecule has 0 aromatic carbocycles. The summed E-state index contributed by atoms with van der Waals surface area (Å²) in [7, 11) is -3.50. The van der Waals surface area contributed by atoms with Crippen molar-refractivity contribution in [2.45, 2.75) is 44.3 Å². The third kappa shape index (κ3) is 3.93. The molecule has 2 heterocycles. The minimum Gasteiger partial charge on any atom is -0.373 e. The van der Waals surface area contributed by atoms with E-state index in [1.165, 1.54) is 10.5 Å². The highest BCUT2D eigenvalue weighted by Gasteiger charge is 2.32. The minimum atomic E-state index is -3.50. The zero-order valence-electron chi connectivity index (χ0n) is 12.7. The molecule has 2 rings (SSSR count). The van der Waals surface area contributed by atoms with Crippen LogP contribution in [0.5, 0.6) is 0 Å². The normalized spacial score (nSPS) is 24.0. The summed E-state index contributed by atoms with van der Waals surface area (Å²) in [5, 5.41) is 3.13. The van der Waals surface area contributed by atoms with Gasteiger partial charge in [0.05, 0.1) is 12.2 Å². The molecule has 1 saturated heterocycles. The van der Waals surface area contributed by atoms with Crippen LogP contribution in [0.4, 0.5) is 5.82 Å². The number of hydrogen-bond donors (Lipinski definition) is 1. The molecule has 1 fully saturated rings. The number of rotatable bonds is 5. The quantitative estimate of drug-likeness (QED) is 0.896. The van der Waals surface area contributed by atoms with E-state index in [0.717, 1.165) is 13.0 Å². The third-order valence-electron chi connectivity index (χ3n) is 3.32. The maximum absolute atomic E-state index is 12.6. The molecule has 0 unspecified atom stereocenters. The Bertz CT molecular complexity index is 549. The lowest BCUT2D eigenvalue weighted by atomic mass is 10.3. The monoisotopic (exact) mass is 313 g/mol. The van der Waals surface area contributed by atoms with E-state index in [1.807, 2.05) is 13.8 Å². The topological polar surface area (TPSA) is 71.5 Å². The van der Waals surface area contributed by atoms with Crippen molar-refractivity contribution in [3.8, 4) is 0 Å². The van der Waals surface area contributed by atoms with Crippen molar-refractivity contribution in [3.05, 3.63) is 18.3 Å². The van der Waals surface area contributed by atoms with Crippen molar-refractivity contribution in [2.75, 3.05) is 25.0 Å². The number of nitrogens with zero attached hydrogens (tertiary/aromatic N) is 2. The number of pyridine rings is 1. The zero-order chi connectivity index (χ0) is 15.5. The van der Waals surface area contributed by atoms with Crippen molar-refractivity contribution < 1.29 is 13.2 Å². The van der Waals surface area contributed by atoms with Crippen molar-refractivity contribution in [2.24, 2.45) is 0 Å². The number of anilines is 1. The third-order valence-corrected chi connectivity index (χ3v) is 5.13. The largest absolute Gasteiger partial charge is 0.373 e. The first-order valence-electron chi connectivity index (χ1n) is 7.29. The number of morpholine rings is 1. The summed E-state index contributed by atoms with van der Waals surface area (Å²) in [5.41, 5.74) is 0. The summed E-state index contributed by atoms with van der Waals surface area (Å²) in [6.07, 6.45) is 2.22. The molecule has 1 aliphatic rings. The van der Waals surface area contributed by atoms with Gasteiger partial charge in [-0.1, -0.05) is 6.92 Å².